The first kappa shape index (κ1) is 27.7. The molecule has 0 aliphatic rings. The molecule has 0 bridgehead atoms. The molecule has 0 unspecified atom stereocenters. The number of nitrogens with one attached hydrogen (secondary N) is 1. The number of unbranched alkanes of at least 4 members (excludes halogenated alkanes) is 6. The van der Waals surface area contributed by atoms with E-state index >= 15 is 0 Å². The first-order valence-electron chi connectivity index (χ1n) is 13.3. The molecule has 0 atom stereocenters. The number of rotatable bonds is 15. The van der Waals surface area contributed by atoms with Crippen LogP contribution in [0.2, 0.25) is 0 Å². The summed E-state index contributed by atoms with van der Waals surface area (Å²) in [6.07, 6.45) is 9.26. The third-order valence-electron chi connectivity index (χ3n) is 6.47. The highest BCUT2D eigenvalue weighted by Gasteiger charge is 2.33. The minimum absolute atomic E-state index is 0.0987. The summed E-state index contributed by atoms with van der Waals surface area (Å²) in [5, 5.41) is 5.10. The lowest BCUT2D eigenvalue weighted by atomic mass is 10.1. The van der Waals surface area contributed by atoms with Gasteiger partial charge in [-0.2, -0.15) is 0 Å². The van der Waals surface area contributed by atoms with Gasteiger partial charge in [-0.15, -0.1) is 0 Å². The molecule has 0 radical (unpaired) electrons. The van der Waals surface area contributed by atoms with Gasteiger partial charge in [0.2, 0.25) is 0 Å². The van der Waals surface area contributed by atoms with E-state index in [0.717, 1.165) is 35.4 Å². The van der Waals surface area contributed by atoms with E-state index in [2.05, 4.69) is 19.2 Å². The molecule has 4 nitrogen and oxygen atoms in total. The Hall–Kier alpha value is -2.84. The fourth-order valence-electron chi connectivity index (χ4n) is 4.36. The Morgan fingerprint density at radius 1 is 0.778 bits per heavy atom. The van der Waals surface area contributed by atoms with Gasteiger partial charge in [-0.3, -0.25) is 4.79 Å². The highest BCUT2D eigenvalue weighted by atomic mass is 31.2. The van der Waals surface area contributed by atoms with Gasteiger partial charge in [-0.1, -0.05) is 119 Å². The van der Waals surface area contributed by atoms with E-state index in [-0.39, 0.29) is 12.5 Å². The molecule has 192 valence electrons. The molecule has 3 aromatic rings. The molecule has 0 aliphatic carbocycles. The second-order valence-corrected chi connectivity index (χ2v) is 11.9. The van der Waals surface area contributed by atoms with Crippen molar-refractivity contribution in [1.29, 1.82) is 0 Å². The number of benzene rings is 3. The van der Waals surface area contributed by atoms with Crippen molar-refractivity contribution < 1.29 is 14.1 Å². The van der Waals surface area contributed by atoms with E-state index in [4.69, 9.17) is 4.74 Å². The normalized spacial score (nSPS) is 11.3. The van der Waals surface area contributed by atoms with E-state index in [0.29, 0.717) is 17.6 Å². The Kier molecular flexibility index (Phi) is 11.3. The van der Waals surface area contributed by atoms with Crippen molar-refractivity contribution >= 4 is 29.0 Å². The van der Waals surface area contributed by atoms with Crippen LogP contribution in [0.4, 0.5) is 0 Å². The fraction of sp³-hybridized carbons (Fsp3) is 0.387. The summed E-state index contributed by atoms with van der Waals surface area (Å²) in [6.45, 7) is 4.86. The Morgan fingerprint density at radius 2 is 1.36 bits per heavy atom. The molecule has 5 heteroatoms. The summed E-state index contributed by atoms with van der Waals surface area (Å²) >= 11 is 0. The van der Waals surface area contributed by atoms with Crippen molar-refractivity contribution in [3.8, 4) is 5.75 Å². The van der Waals surface area contributed by atoms with E-state index in [1.807, 2.05) is 78.9 Å². The van der Waals surface area contributed by atoms with Crippen LogP contribution in [0.1, 0.15) is 64.4 Å². The topological polar surface area (TPSA) is 55.4 Å². The van der Waals surface area contributed by atoms with Gasteiger partial charge >= 0.3 is 0 Å². The number of carbonyl (C=O) groups excluding carboxylic acids is 1. The smallest absolute Gasteiger partial charge is 0.257 e. The van der Waals surface area contributed by atoms with Gasteiger partial charge in [-0.25, -0.2) is 0 Å². The van der Waals surface area contributed by atoms with Crippen LogP contribution in [0.3, 0.4) is 0 Å². The summed E-state index contributed by atoms with van der Waals surface area (Å²) in [6, 6.07) is 24.9. The zero-order valence-electron chi connectivity index (χ0n) is 21.7. The first-order chi connectivity index (χ1) is 17.6. The van der Waals surface area contributed by atoms with Gasteiger partial charge in [-0.05, 0) is 30.5 Å². The molecule has 0 heterocycles. The standard InChI is InChI=1S/C31H40NO3P/c1-3-5-6-7-8-9-16-23-32-31(33)25-35-29-22-21-26(4-2)24-30(29)36(34,27-17-12-10-13-18-27)28-19-14-11-15-20-28/h10-15,17-22,24H,3-9,16,23,25H2,1-2H3,(H,32,33). The number of hydrogen-bond acceptors (Lipinski definition) is 3. The number of amides is 1. The largest absolute Gasteiger partial charge is 0.483 e. The van der Waals surface area contributed by atoms with Crippen LogP contribution in [-0.4, -0.2) is 19.1 Å². The Labute approximate surface area is 216 Å². The lowest BCUT2D eigenvalue weighted by Crippen LogP contribution is -2.31. The lowest BCUT2D eigenvalue weighted by molar-refractivity contribution is -0.123. The van der Waals surface area contributed by atoms with Crippen molar-refractivity contribution in [2.45, 2.75) is 65.2 Å². The van der Waals surface area contributed by atoms with Crippen LogP contribution < -0.4 is 26.0 Å². The predicted molar refractivity (Wildman–Crippen MR) is 152 cm³/mol. The molecule has 0 saturated carbocycles. The molecule has 3 rings (SSSR count). The van der Waals surface area contributed by atoms with Gasteiger partial charge in [0.15, 0.2) is 13.7 Å². The zero-order chi connectivity index (χ0) is 25.6. The highest BCUT2D eigenvalue weighted by Crippen LogP contribution is 2.45. The molecule has 0 spiro atoms. The van der Waals surface area contributed by atoms with Crippen molar-refractivity contribution in [2.24, 2.45) is 0 Å². The minimum atomic E-state index is -3.21. The summed E-state index contributed by atoms with van der Waals surface area (Å²) in [5.74, 6) is 0.343. The third-order valence-corrected chi connectivity index (χ3v) is 9.55. The highest BCUT2D eigenvalue weighted by molar-refractivity contribution is 7.85. The summed E-state index contributed by atoms with van der Waals surface area (Å²) < 4.78 is 20.9. The molecule has 1 amide bonds. The zero-order valence-corrected chi connectivity index (χ0v) is 22.6. The van der Waals surface area contributed by atoms with Crippen LogP contribution in [-0.2, 0) is 15.8 Å². The minimum Gasteiger partial charge on any atom is -0.483 e. The van der Waals surface area contributed by atoms with E-state index in [1.165, 1.54) is 32.1 Å². The van der Waals surface area contributed by atoms with E-state index in [9.17, 15) is 9.36 Å². The predicted octanol–water partition coefficient (Wildman–Crippen LogP) is 6.13. The number of carbonyl (C=O) groups is 1. The molecule has 36 heavy (non-hydrogen) atoms. The van der Waals surface area contributed by atoms with Crippen LogP contribution in [0.5, 0.6) is 5.75 Å². The Balaban J connectivity index is 1.74. The average molecular weight is 506 g/mol. The molecule has 0 saturated heterocycles. The maximum absolute atomic E-state index is 14.9. The first-order valence-corrected chi connectivity index (χ1v) is 15.0. The number of hydrogen-bond donors (Lipinski definition) is 1. The second-order valence-electron chi connectivity index (χ2n) is 9.20. The molecular weight excluding hydrogens is 465 g/mol. The Morgan fingerprint density at radius 3 is 1.94 bits per heavy atom. The average Bonchev–Trinajstić information content (AvgIpc) is 2.93. The molecule has 0 fully saturated rings. The van der Waals surface area contributed by atoms with E-state index < -0.39 is 7.14 Å². The number of ether oxygens (including phenoxy) is 1. The van der Waals surface area contributed by atoms with Crippen LogP contribution in [0, 0.1) is 0 Å². The quantitative estimate of drug-likeness (QED) is 0.200. The van der Waals surface area contributed by atoms with Gasteiger partial charge in [0.1, 0.15) is 5.75 Å². The molecule has 1 N–H and O–H groups in total. The van der Waals surface area contributed by atoms with E-state index in [1.54, 1.807) is 0 Å². The Bertz CT molecular complexity index is 1070. The van der Waals surface area contributed by atoms with Crippen molar-refractivity contribution in [3.63, 3.8) is 0 Å². The maximum atomic E-state index is 14.9. The molecule has 3 aromatic carbocycles. The van der Waals surface area contributed by atoms with Gasteiger partial charge < -0.3 is 14.6 Å². The lowest BCUT2D eigenvalue weighted by Gasteiger charge is -2.23. The van der Waals surface area contributed by atoms with Gasteiger partial charge in [0, 0.05) is 17.2 Å². The fourth-order valence-corrected chi connectivity index (χ4v) is 7.19. The second kappa shape index (κ2) is 14.7. The molecule has 0 aromatic heterocycles. The summed E-state index contributed by atoms with van der Waals surface area (Å²) in [4.78, 5) is 12.5. The summed E-state index contributed by atoms with van der Waals surface area (Å²) in [5.41, 5.74) is 1.08. The van der Waals surface area contributed by atoms with Gasteiger partial charge in [0.25, 0.3) is 5.91 Å². The maximum Gasteiger partial charge on any atom is 0.257 e. The molecular formula is C31H40NO3P. The van der Waals surface area contributed by atoms with Crippen LogP contribution in [0.15, 0.2) is 78.9 Å². The monoisotopic (exact) mass is 505 g/mol. The van der Waals surface area contributed by atoms with Crippen molar-refractivity contribution in [2.75, 3.05) is 13.2 Å². The van der Waals surface area contributed by atoms with Crippen LogP contribution >= 0.6 is 7.14 Å². The van der Waals surface area contributed by atoms with Crippen molar-refractivity contribution in [1.82, 2.24) is 5.32 Å². The SMILES string of the molecule is CCCCCCCCCNC(=O)COc1ccc(CC)cc1P(=O)(c1ccccc1)c1ccccc1. The van der Waals surface area contributed by atoms with Crippen LogP contribution in [0.25, 0.3) is 0 Å². The third kappa shape index (κ3) is 7.58. The van der Waals surface area contributed by atoms with Crippen molar-refractivity contribution in [3.05, 3.63) is 84.4 Å². The summed E-state index contributed by atoms with van der Waals surface area (Å²) in [7, 11) is -3.21. The number of aryl methyl sites for hydroxylation is 1. The molecule has 0 aliphatic heterocycles. The van der Waals surface area contributed by atoms with Gasteiger partial charge in [0.05, 0.1) is 5.30 Å².